The molecule has 1 aliphatic heterocycles. The van der Waals surface area contributed by atoms with Gasteiger partial charge in [0.2, 0.25) is 0 Å². The zero-order valence-electron chi connectivity index (χ0n) is 18.8. The van der Waals surface area contributed by atoms with E-state index in [9.17, 15) is 9.90 Å². The number of ether oxygens (including phenoxy) is 2. The maximum Gasteiger partial charge on any atom is 0.275 e. The number of methoxy groups -OCH3 is 1. The summed E-state index contributed by atoms with van der Waals surface area (Å²) in [6.07, 6.45) is 5.36. The van der Waals surface area contributed by atoms with Crippen LogP contribution in [0.2, 0.25) is 0 Å². The van der Waals surface area contributed by atoms with Crippen molar-refractivity contribution in [2.45, 2.75) is 19.3 Å². The lowest BCUT2D eigenvalue weighted by atomic mass is 10.1. The number of hydrazone groups is 1. The highest BCUT2D eigenvalue weighted by atomic mass is 16.5. The number of rotatable bonds is 8. The lowest BCUT2D eigenvalue weighted by Crippen LogP contribution is -2.33. The molecule has 2 N–H and O–H groups in total. The van der Waals surface area contributed by atoms with Gasteiger partial charge in [-0.05, 0) is 72.6 Å². The second kappa shape index (κ2) is 10.8. The highest BCUT2D eigenvalue weighted by molar-refractivity contribution is 6.01. The Hall–Kier alpha value is -3.58. The first kappa shape index (κ1) is 22.6. The summed E-state index contributed by atoms with van der Waals surface area (Å²) in [6, 6.07) is 16.2. The second-order valence-corrected chi connectivity index (χ2v) is 8.08. The minimum atomic E-state index is -0.487. The topological polar surface area (TPSA) is 83.4 Å². The average Bonchev–Trinajstić information content (AvgIpc) is 2.84. The predicted octanol–water partition coefficient (Wildman–Crippen LogP) is 4.18. The van der Waals surface area contributed by atoms with Crippen LogP contribution in [-0.2, 0) is 0 Å². The minimum Gasteiger partial charge on any atom is -0.507 e. The SMILES string of the molecule is COc1cc(C=NNC(=O)c2cc3ccccc3cc2O)ccc1OCCN1CCCCC1. The van der Waals surface area contributed by atoms with Gasteiger partial charge in [0.05, 0.1) is 18.9 Å². The van der Waals surface area contributed by atoms with Gasteiger partial charge >= 0.3 is 0 Å². The van der Waals surface area contributed by atoms with E-state index in [0.717, 1.165) is 36.0 Å². The molecule has 0 saturated carbocycles. The van der Waals surface area contributed by atoms with E-state index in [2.05, 4.69) is 15.4 Å². The van der Waals surface area contributed by atoms with E-state index >= 15 is 0 Å². The summed E-state index contributed by atoms with van der Waals surface area (Å²) in [5.41, 5.74) is 3.38. The summed E-state index contributed by atoms with van der Waals surface area (Å²) in [4.78, 5) is 14.9. The van der Waals surface area contributed by atoms with Gasteiger partial charge in [-0.2, -0.15) is 5.10 Å². The number of hydrogen-bond acceptors (Lipinski definition) is 6. The molecule has 0 bridgehead atoms. The number of nitrogens with zero attached hydrogens (tertiary/aromatic N) is 2. The quantitative estimate of drug-likeness (QED) is 0.400. The summed E-state index contributed by atoms with van der Waals surface area (Å²) in [7, 11) is 1.60. The number of amides is 1. The molecule has 3 aromatic carbocycles. The van der Waals surface area contributed by atoms with E-state index in [1.54, 1.807) is 25.3 Å². The van der Waals surface area contributed by atoms with Gasteiger partial charge in [-0.25, -0.2) is 5.43 Å². The van der Waals surface area contributed by atoms with Gasteiger partial charge in [-0.15, -0.1) is 0 Å². The van der Waals surface area contributed by atoms with Crippen LogP contribution in [0.25, 0.3) is 10.8 Å². The Labute approximate surface area is 193 Å². The number of aromatic hydroxyl groups is 1. The minimum absolute atomic E-state index is 0.0888. The van der Waals surface area contributed by atoms with E-state index in [-0.39, 0.29) is 11.3 Å². The van der Waals surface area contributed by atoms with E-state index in [1.807, 2.05) is 36.4 Å². The van der Waals surface area contributed by atoms with Crippen molar-refractivity contribution in [1.29, 1.82) is 0 Å². The molecular weight excluding hydrogens is 418 g/mol. The third kappa shape index (κ3) is 5.81. The molecular formula is C26H29N3O4. The lowest BCUT2D eigenvalue weighted by molar-refractivity contribution is 0.0952. The predicted molar refractivity (Wildman–Crippen MR) is 129 cm³/mol. The number of piperidine rings is 1. The fourth-order valence-corrected chi connectivity index (χ4v) is 3.99. The van der Waals surface area contributed by atoms with Crippen molar-refractivity contribution in [2.75, 3.05) is 33.4 Å². The Kier molecular flexibility index (Phi) is 7.42. The molecule has 4 rings (SSSR count). The zero-order chi connectivity index (χ0) is 23.0. The number of phenolic OH excluding ortho intramolecular Hbond substituents is 1. The van der Waals surface area contributed by atoms with Gasteiger partial charge in [-0.1, -0.05) is 30.7 Å². The van der Waals surface area contributed by atoms with Gasteiger partial charge in [-0.3, -0.25) is 9.69 Å². The molecule has 0 spiro atoms. The molecule has 33 heavy (non-hydrogen) atoms. The molecule has 7 heteroatoms. The third-order valence-corrected chi connectivity index (χ3v) is 5.79. The highest BCUT2D eigenvalue weighted by Gasteiger charge is 2.13. The molecule has 1 amide bonds. The Bertz CT molecular complexity index is 1140. The van der Waals surface area contributed by atoms with Gasteiger partial charge in [0.15, 0.2) is 11.5 Å². The summed E-state index contributed by atoms with van der Waals surface area (Å²) in [6.45, 7) is 3.78. The van der Waals surface area contributed by atoms with Gasteiger partial charge in [0.1, 0.15) is 12.4 Å². The Morgan fingerprint density at radius 3 is 2.58 bits per heavy atom. The largest absolute Gasteiger partial charge is 0.507 e. The molecule has 0 aliphatic carbocycles. The van der Waals surface area contributed by atoms with Crippen LogP contribution < -0.4 is 14.9 Å². The molecule has 1 aliphatic rings. The van der Waals surface area contributed by atoms with Crippen molar-refractivity contribution in [1.82, 2.24) is 10.3 Å². The molecule has 1 fully saturated rings. The average molecular weight is 448 g/mol. The Morgan fingerprint density at radius 1 is 1.06 bits per heavy atom. The number of benzene rings is 3. The van der Waals surface area contributed by atoms with E-state index < -0.39 is 5.91 Å². The molecule has 172 valence electrons. The number of fused-ring (bicyclic) bond motifs is 1. The number of nitrogens with one attached hydrogen (secondary N) is 1. The van der Waals surface area contributed by atoms with Gasteiger partial charge in [0, 0.05) is 6.54 Å². The lowest BCUT2D eigenvalue weighted by Gasteiger charge is -2.26. The van der Waals surface area contributed by atoms with Crippen LogP contribution in [0.15, 0.2) is 59.7 Å². The van der Waals surface area contributed by atoms with Crippen molar-refractivity contribution in [3.63, 3.8) is 0 Å². The number of carbonyl (C=O) groups excluding carboxylic acids is 1. The zero-order valence-corrected chi connectivity index (χ0v) is 18.8. The molecule has 1 heterocycles. The first-order valence-corrected chi connectivity index (χ1v) is 11.2. The monoisotopic (exact) mass is 447 g/mol. The second-order valence-electron chi connectivity index (χ2n) is 8.08. The van der Waals surface area contributed by atoms with Gasteiger partial charge < -0.3 is 14.6 Å². The maximum absolute atomic E-state index is 12.5. The molecule has 1 saturated heterocycles. The van der Waals surface area contributed by atoms with Crippen LogP contribution in [-0.4, -0.2) is 55.5 Å². The summed E-state index contributed by atoms with van der Waals surface area (Å²) < 4.78 is 11.4. The molecule has 0 aromatic heterocycles. The standard InChI is InChI=1S/C26H29N3O4/c1-32-25-15-19(9-10-24(25)33-14-13-29-11-5-2-6-12-29)18-27-28-26(31)22-16-20-7-3-4-8-21(20)17-23(22)30/h3-4,7-10,15-18,30H,2,5-6,11-14H2,1H3,(H,28,31). The number of carbonyl (C=O) groups is 1. The van der Waals surface area contributed by atoms with Crippen LogP contribution in [0, 0.1) is 0 Å². The normalized spacial score (nSPS) is 14.5. The smallest absolute Gasteiger partial charge is 0.275 e. The van der Waals surface area contributed by atoms with E-state index in [1.165, 1.54) is 25.5 Å². The van der Waals surface area contributed by atoms with Crippen LogP contribution in [0.1, 0.15) is 35.2 Å². The molecule has 3 aromatic rings. The van der Waals surface area contributed by atoms with Crippen LogP contribution in [0.5, 0.6) is 17.2 Å². The van der Waals surface area contributed by atoms with Gasteiger partial charge in [0.25, 0.3) is 5.91 Å². The molecule has 0 unspecified atom stereocenters. The highest BCUT2D eigenvalue weighted by Crippen LogP contribution is 2.28. The number of likely N-dealkylation sites (tertiary alicyclic amines) is 1. The summed E-state index contributed by atoms with van der Waals surface area (Å²) in [5, 5.41) is 16.0. The van der Waals surface area contributed by atoms with Crippen molar-refractivity contribution in [2.24, 2.45) is 5.10 Å². The van der Waals surface area contributed by atoms with Crippen molar-refractivity contribution in [3.8, 4) is 17.2 Å². The van der Waals surface area contributed by atoms with Crippen molar-refractivity contribution in [3.05, 3.63) is 65.7 Å². The van der Waals surface area contributed by atoms with Crippen molar-refractivity contribution < 1.29 is 19.4 Å². The van der Waals surface area contributed by atoms with Crippen LogP contribution >= 0.6 is 0 Å². The third-order valence-electron chi connectivity index (χ3n) is 5.79. The Balaban J connectivity index is 1.35. The number of hydrogen-bond donors (Lipinski definition) is 2. The fourth-order valence-electron chi connectivity index (χ4n) is 3.99. The molecule has 7 nitrogen and oxygen atoms in total. The molecule has 0 radical (unpaired) electrons. The molecule has 0 atom stereocenters. The summed E-state index contributed by atoms with van der Waals surface area (Å²) in [5.74, 6) is 0.709. The first-order valence-electron chi connectivity index (χ1n) is 11.2. The summed E-state index contributed by atoms with van der Waals surface area (Å²) >= 11 is 0. The van der Waals surface area contributed by atoms with Crippen LogP contribution in [0.3, 0.4) is 0 Å². The number of phenols is 1. The van der Waals surface area contributed by atoms with Crippen LogP contribution in [0.4, 0.5) is 0 Å². The first-order chi connectivity index (χ1) is 16.1. The Morgan fingerprint density at radius 2 is 1.82 bits per heavy atom. The van der Waals surface area contributed by atoms with E-state index in [0.29, 0.717) is 18.1 Å². The fraction of sp³-hybridized carbons (Fsp3) is 0.308. The maximum atomic E-state index is 12.5. The van der Waals surface area contributed by atoms with Crippen molar-refractivity contribution >= 4 is 22.9 Å². The van der Waals surface area contributed by atoms with E-state index in [4.69, 9.17) is 9.47 Å².